The van der Waals surface area contributed by atoms with Gasteiger partial charge < -0.3 is 15.1 Å². The highest BCUT2D eigenvalue weighted by Crippen LogP contribution is 2.09. The van der Waals surface area contributed by atoms with Crippen molar-refractivity contribution in [3.63, 3.8) is 0 Å². The first kappa shape index (κ1) is 16.2. The molecule has 0 saturated carbocycles. The first-order valence-electron chi connectivity index (χ1n) is 8.24. The molecule has 1 aliphatic heterocycles. The van der Waals surface area contributed by atoms with Crippen molar-refractivity contribution in [3.05, 3.63) is 36.9 Å². The minimum Gasteiger partial charge on any atom is -0.338 e. The lowest BCUT2D eigenvalue weighted by Crippen LogP contribution is -2.52. The lowest BCUT2D eigenvalue weighted by atomic mass is 10.2. The predicted molar refractivity (Wildman–Crippen MR) is 90.6 cm³/mol. The summed E-state index contributed by atoms with van der Waals surface area (Å²) in [6.07, 6.45) is 7.18. The number of nitrogens with zero attached hydrogens (tertiary/aromatic N) is 6. The first-order valence-corrected chi connectivity index (χ1v) is 8.24. The third-order valence-corrected chi connectivity index (χ3v) is 4.06. The van der Waals surface area contributed by atoms with Crippen LogP contribution in [-0.2, 0) is 6.54 Å². The van der Waals surface area contributed by atoms with Gasteiger partial charge in [-0.2, -0.15) is 5.10 Å². The van der Waals surface area contributed by atoms with Gasteiger partial charge in [-0.3, -0.25) is 4.68 Å². The van der Waals surface area contributed by atoms with Crippen molar-refractivity contribution in [1.29, 1.82) is 0 Å². The summed E-state index contributed by atoms with van der Waals surface area (Å²) in [7, 11) is 0. The SMILES string of the molecule is CC(CNC(=O)N1CCN(c2ncccn2)CC1)Cn1cccn1. The largest absolute Gasteiger partial charge is 0.338 e. The van der Waals surface area contributed by atoms with Gasteiger partial charge in [-0.1, -0.05) is 6.92 Å². The zero-order valence-electron chi connectivity index (χ0n) is 13.9. The molecule has 0 radical (unpaired) electrons. The Labute approximate surface area is 141 Å². The van der Waals surface area contributed by atoms with E-state index in [2.05, 4.69) is 32.2 Å². The number of urea groups is 1. The zero-order chi connectivity index (χ0) is 16.8. The fraction of sp³-hybridized carbons (Fsp3) is 0.500. The van der Waals surface area contributed by atoms with Crippen LogP contribution in [-0.4, -0.2) is 63.4 Å². The van der Waals surface area contributed by atoms with Crippen LogP contribution < -0.4 is 10.2 Å². The lowest BCUT2D eigenvalue weighted by molar-refractivity contribution is 0.192. The van der Waals surface area contributed by atoms with E-state index in [0.717, 1.165) is 25.6 Å². The number of aromatic nitrogens is 4. The van der Waals surface area contributed by atoms with Crippen molar-refractivity contribution >= 4 is 12.0 Å². The third-order valence-electron chi connectivity index (χ3n) is 4.06. The van der Waals surface area contributed by atoms with Crippen LogP contribution in [0.2, 0.25) is 0 Å². The zero-order valence-corrected chi connectivity index (χ0v) is 13.9. The van der Waals surface area contributed by atoms with E-state index in [0.29, 0.717) is 25.6 Å². The van der Waals surface area contributed by atoms with E-state index in [1.54, 1.807) is 24.7 Å². The Morgan fingerprint density at radius 3 is 2.58 bits per heavy atom. The van der Waals surface area contributed by atoms with Gasteiger partial charge in [0.2, 0.25) is 5.95 Å². The van der Waals surface area contributed by atoms with Crippen LogP contribution in [0.1, 0.15) is 6.92 Å². The van der Waals surface area contributed by atoms with Gasteiger partial charge in [0.05, 0.1) is 0 Å². The molecule has 0 bridgehead atoms. The van der Waals surface area contributed by atoms with Gasteiger partial charge in [-0.25, -0.2) is 14.8 Å². The van der Waals surface area contributed by atoms with Crippen molar-refractivity contribution < 1.29 is 4.79 Å². The van der Waals surface area contributed by atoms with E-state index in [9.17, 15) is 4.79 Å². The first-order chi connectivity index (χ1) is 11.7. The second kappa shape index (κ2) is 7.76. The summed E-state index contributed by atoms with van der Waals surface area (Å²) in [5.74, 6) is 1.05. The summed E-state index contributed by atoms with van der Waals surface area (Å²) >= 11 is 0. The Balaban J connectivity index is 1.40. The van der Waals surface area contributed by atoms with Crippen LogP contribution in [0.4, 0.5) is 10.7 Å². The lowest BCUT2D eigenvalue weighted by Gasteiger charge is -2.34. The minimum absolute atomic E-state index is 0.00375. The van der Waals surface area contributed by atoms with E-state index < -0.39 is 0 Å². The Kier molecular flexibility index (Phi) is 5.25. The minimum atomic E-state index is -0.00375. The molecule has 3 heterocycles. The van der Waals surface area contributed by atoms with Crippen molar-refractivity contribution in [1.82, 2.24) is 30.0 Å². The molecule has 0 aromatic carbocycles. The molecule has 3 rings (SSSR count). The molecule has 1 saturated heterocycles. The second-order valence-corrected chi connectivity index (χ2v) is 6.04. The Bertz CT molecular complexity index is 623. The quantitative estimate of drug-likeness (QED) is 0.879. The average Bonchev–Trinajstić information content (AvgIpc) is 3.13. The standard InChI is InChI=1S/C16H23N7O/c1-14(13-23-7-3-6-20-23)12-19-16(24)22-10-8-21(9-11-22)15-17-4-2-5-18-15/h2-7,14H,8-13H2,1H3,(H,19,24). The molecule has 128 valence electrons. The number of carbonyl (C=O) groups is 1. The van der Waals surface area contributed by atoms with Crippen molar-refractivity contribution in [2.24, 2.45) is 5.92 Å². The number of nitrogens with one attached hydrogen (secondary N) is 1. The highest BCUT2D eigenvalue weighted by molar-refractivity contribution is 5.74. The van der Waals surface area contributed by atoms with Crippen molar-refractivity contribution in [2.75, 3.05) is 37.6 Å². The Hall–Kier alpha value is -2.64. The summed E-state index contributed by atoms with van der Waals surface area (Å²) in [5.41, 5.74) is 0. The molecule has 2 aromatic rings. The number of carbonyl (C=O) groups excluding carboxylic acids is 1. The van der Waals surface area contributed by atoms with E-state index >= 15 is 0 Å². The Morgan fingerprint density at radius 2 is 1.92 bits per heavy atom. The van der Waals surface area contributed by atoms with Crippen LogP contribution in [0.3, 0.4) is 0 Å². The molecule has 1 N–H and O–H groups in total. The molecule has 24 heavy (non-hydrogen) atoms. The fourth-order valence-electron chi connectivity index (χ4n) is 2.73. The molecule has 1 atom stereocenters. The monoisotopic (exact) mass is 329 g/mol. The highest BCUT2D eigenvalue weighted by atomic mass is 16.2. The van der Waals surface area contributed by atoms with Gasteiger partial charge in [0.1, 0.15) is 0 Å². The van der Waals surface area contributed by atoms with Crippen LogP contribution >= 0.6 is 0 Å². The van der Waals surface area contributed by atoms with Crippen LogP contribution in [0.5, 0.6) is 0 Å². The summed E-state index contributed by atoms with van der Waals surface area (Å²) in [6.45, 7) is 6.40. The molecular weight excluding hydrogens is 306 g/mol. The average molecular weight is 329 g/mol. The molecule has 1 unspecified atom stereocenters. The molecule has 2 aromatic heterocycles. The van der Waals surface area contributed by atoms with Gasteiger partial charge in [-0.05, 0) is 18.1 Å². The number of hydrogen-bond donors (Lipinski definition) is 1. The maximum absolute atomic E-state index is 12.3. The summed E-state index contributed by atoms with van der Waals surface area (Å²) in [5, 5.41) is 7.20. The third kappa shape index (κ3) is 4.21. The van der Waals surface area contributed by atoms with Gasteiger partial charge in [-0.15, -0.1) is 0 Å². The molecule has 1 aliphatic rings. The van der Waals surface area contributed by atoms with Gasteiger partial charge in [0, 0.05) is 64.1 Å². The van der Waals surface area contributed by atoms with E-state index in [1.807, 2.05) is 21.8 Å². The maximum atomic E-state index is 12.3. The van der Waals surface area contributed by atoms with E-state index in [-0.39, 0.29) is 6.03 Å². The smallest absolute Gasteiger partial charge is 0.317 e. The maximum Gasteiger partial charge on any atom is 0.317 e. The Morgan fingerprint density at radius 1 is 1.17 bits per heavy atom. The molecule has 1 fully saturated rings. The molecule has 2 amide bonds. The number of hydrogen-bond acceptors (Lipinski definition) is 5. The van der Waals surface area contributed by atoms with E-state index in [4.69, 9.17) is 0 Å². The van der Waals surface area contributed by atoms with Crippen LogP contribution in [0.25, 0.3) is 0 Å². The van der Waals surface area contributed by atoms with Crippen LogP contribution in [0, 0.1) is 5.92 Å². The summed E-state index contributed by atoms with van der Waals surface area (Å²) < 4.78 is 1.88. The van der Waals surface area contributed by atoms with Crippen molar-refractivity contribution in [3.8, 4) is 0 Å². The van der Waals surface area contributed by atoms with Gasteiger partial charge in [0.15, 0.2) is 0 Å². The van der Waals surface area contributed by atoms with E-state index in [1.165, 1.54) is 0 Å². The molecule has 8 heteroatoms. The molecular formula is C16H23N7O. The van der Waals surface area contributed by atoms with Crippen LogP contribution in [0.15, 0.2) is 36.9 Å². The highest BCUT2D eigenvalue weighted by Gasteiger charge is 2.22. The molecule has 0 aliphatic carbocycles. The molecule has 0 spiro atoms. The number of rotatable bonds is 5. The van der Waals surface area contributed by atoms with Gasteiger partial charge >= 0.3 is 6.03 Å². The normalized spacial score (nSPS) is 16.0. The fourth-order valence-corrected chi connectivity index (χ4v) is 2.73. The van der Waals surface area contributed by atoms with Crippen molar-refractivity contribution in [2.45, 2.75) is 13.5 Å². The number of anilines is 1. The molecule has 8 nitrogen and oxygen atoms in total. The topological polar surface area (TPSA) is 79.2 Å². The van der Waals surface area contributed by atoms with Gasteiger partial charge in [0.25, 0.3) is 0 Å². The summed E-state index contributed by atoms with van der Waals surface area (Å²) in [4.78, 5) is 24.7. The number of amides is 2. The summed E-state index contributed by atoms with van der Waals surface area (Å²) in [6, 6.07) is 3.70. The predicted octanol–water partition coefficient (Wildman–Crippen LogP) is 0.841. The second-order valence-electron chi connectivity index (χ2n) is 6.04. The number of piperazine rings is 1.